The molecule has 1 unspecified atom stereocenters. The van der Waals surface area contributed by atoms with Crippen molar-refractivity contribution < 1.29 is 17.9 Å². The Labute approximate surface area is 177 Å². The molecule has 2 saturated heterocycles. The second kappa shape index (κ2) is 8.65. The molecule has 2 heterocycles. The molecule has 2 aromatic carbocycles. The Morgan fingerprint density at radius 1 is 1.07 bits per heavy atom. The summed E-state index contributed by atoms with van der Waals surface area (Å²) in [4.78, 5) is 14.9. The fraction of sp³-hybridized carbons (Fsp3) is 0.409. The number of likely N-dealkylation sites (tertiary alicyclic amines) is 1. The Bertz CT molecular complexity index is 1000. The molecule has 8 heteroatoms. The third-order valence-corrected chi connectivity index (χ3v) is 7.63. The molecule has 0 aromatic heterocycles. The van der Waals surface area contributed by atoms with Crippen molar-refractivity contribution in [3.63, 3.8) is 0 Å². The Balaban J connectivity index is 1.52. The quantitative estimate of drug-likeness (QED) is 0.764. The van der Waals surface area contributed by atoms with Crippen LogP contribution in [0, 0.1) is 0 Å². The SMILES string of the molecule is COc1ccc(C(=O)N2CCC(Nc3ccccc3)C2)cc1S(=O)(=O)N1CCCC1. The van der Waals surface area contributed by atoms with E-state index in [1.165, 1.54) is 17.5 Å². The van der Waals surface area contributed by atoms with Gasteiger partial charge in [-0.3, -0.25) is 4.79 Å². The first-order chi connectivity index (χ1) is 14.5. The molecule has 0 saturated carbocycles. The van der Waals surface area contributed by atoms with Crippen LogP contribution in [0.15, 0.2) is 53.4 Å². The predicted molar refractivity (Wildman–Crippen MR) is 115 cm³/mol. The summed E-state index contributed by atoms with van der Waals surface area (Å²) in [5.74, 6) is 0.108. The number of nitrogens with zero attached hydrogens (tertiary/aromatic N) is 2. The molecule has 1 amide bonds. The van der Waals surface area contributed by atoms with Crippen LogP contribution in [0.5, 0.6) is 5.75 Å². The predicted octanol–water partition coefficient (Wildman–Crippen LogP) is 2.81. The number of hydrogen-bond donors (Lipinski definition) is 1. The van der Waals surface area contributed by atoms with Crippen LogP contribution in [0.3, 0.4) is 0 Å². The third-order valence-electron chi connectivity index (χ3n) is 5.71. The fourth-order valence-corrected chi connectivity index (χ4v) is 5.79. The zero-order valence-electron chi connectivity index (χ0n) is 17.1. The summed E-state index contributed by atoms with van der Waals surface area (Å²) in [6.45, 7) is 2.21. The molecule has 2 fully saturated rings. The first-order valence-electron chi connectivity index (χ1n) is 10.3. The smallest absolute Gasteiger partial charge is 0.253 e. The highest BCUT2D eigenvalue weighted by molar-refractivity contribution is 7.89. The van der Waals surface area contributed by atoms with Crippen LogP contribution in [-0.2, 0) is 10.0 Å². The maximum atomic E-state index is 13.1. The van der Waals surface area contributed by atoms with E-state index in [-0.39, 0.29) is 22.6 Å². The minimum absolute atomic E-state index is 0.0657. The van der Waals surface area contributed by atoms with Crippen LogP contribution in [0.1, 0.15) is 29.6 Å². The van der Waals surface area contributed by atoms with Crippen molar-refractivity contribution in [3.05, 3.63) is 54.1 Å². The number of nitrogens with one attached hydrogen (secondary N) is 1. The standard InChI is InChI=1S/C22H27N3O4S/c1-29-20-10-9-17(15-21(20)30(27,28)25-12-5-6-13-25)22(26)24-14-11-19(16-24)23-18-7-3-2-4-8-18/h2-4,7-10,15,19,23H,5-6,11-14,16H2,1H3. The molecule has 1 atom stereocenters. The van der Waals surface area contributed by atoms with Gasteiger partial charge >= 0.3 is 0 Å². The normalized spacial score (nSPS) is 19.8. The van der Waals surface area contributed by atoms with Gasteiger partial charge in [0.25, 0.3) is 5.91 Å². The van der Waals surface area contributed by atoms with Crippen LogP contribution in [0.2, 0.25) is 0 Å². The van der Waals surface area contributed by atoms with Gasteiger partial charge in [0.15, 0.2) is 0 Å². The number of hydrogen-bond acceptors (Lipinski definition) is 5. The largest absolute Gasteiger partial charge is 0.495 e. The van der Waals surface area contributed by atoms with Gasteiger partial charge in [0.05, 0.1) is 7.11 Å². The molecule has 2 aliphatic rings. The average Bonchev–Trinajstić information content (AvgIpc) is 3.46. The lowest BCUT2D eigenvalue weighted by molar-refractivity contribution is 0.0791. The molecular formula is C22H27N3O4S. The molecule has 2 aliphatic heterocycles. The number of methoxy groups -OCH3 is 1. The van der Waals surface area contributed by atoms with Gasteiger partial charge < -0.3 is 15.0 Å². The van der Waals surface area contributed by atoms with Gasteiger partial charge in [-0.1, -0.05) is 18.2 Å². The lowest BCUT2D eigenvalue weighted by Gasteiger charge is -2.20. The fourth-order valence-electron chi connectivity index (χ4n) is 4.09. The van der Waals surface area contributed by atoms with E-state index in [4.69, 9.17) is 4.74 Å². The molecule has 7 nitrogen and oxygen atoms in total. The minimum Gasteiger partial charge on any atom is -0.495 e. The van der Waals surface area contributed by atoms with Crippen LogP contribution in [0.25, 0.3) is 0 Å². The minimum atomic E-state index is -3.69. The van der Waals surface area contributed by atoms with Crippen molar-refractivity contribution in [3.8, 4) is 5.75 Å². The van der Waals surface area contributed by atoms with E-state index in [0.717, 1.165) is 24.9 Å². The molecular weight excluding hydrogens is 402 g/mol. The molecule has 160 valence electrons. The van der Waals surface area contributed by atoms with Crippen molar-refractivity contribution in [2.45, 2.75) is 30.2 Å². The molecule has 1 N–H and O–H groups in total. The number of carbonyl (C=O) groups is 1. The van der Waals surface area contributed by atoms with E-state index in [1.54, 1.807) is 17.0 Å². The van der Waals surface area contributed by atoms with Crippen LogP contribution in [0.4, 0.5) is 5.69 Å². The molecule has 0 aliphatic carbocycles. The van der Waals surface area contributed by atoms with E-state index < -0.39 is 10.0 Å². The Morgan fingerprint density at radius 3 is 2.50 bits per heavy atom. The summed E-state index contributed by atoms with van der Waals surface area (Å²) >= 11 is 0. The van der Waals surface area contributed by atoms with E-state index >= 15 is 0 Å². The van der Waals surface area contributed by atoms with Crippen LogP contribution >= 0.6 is 0 Å². The molecule has 0 bridgehead atoms. The van der Waals surface area contributed by atoms with Gasteiger partial charge in [0.1, 0.15) is 10.6 Å². The Hall–Kier alpha value is -2.58. The summed E-state index contributed by atoms with van der Waals surface area (Å²) in [6.07, 6.45) is 2.54. The highest BCUT2D eigenvalue weighted by atomic mass is 32.2. The van der Waals surface area contributed by atoms with Crippen LogP contribution < -0.4 is 10.1 Å². The van der Waals surface area contributed by atoms with E-state index in [2.05, 4.69) is 5.32 Å². The van der Waals surface area contributed by atoms with Gasteiger partial charge in [0, 0.05) is 43.5 Å². The first-order valence-corrected chi connectivity index (χ1v) is 11.7. The van der Waals surface area contributed by atoms with E-state index in [0.29, 0.717) is 31.7 Å². The molecule has 4 rings (SSSR count). The lowest BCUT2D eigenvalue weighted by Crippen LogP contribution is -2.32. The van der Waals surface area contributed by atoms with E-state index in [9.17, 15) is 13.2 Å². The number of amides is 1. The number of sulfonamides is 1. The topological polar surface area (TPSA) is 79.0 Å². The van der Waals surface area contributed by atoms with E-state index in [1.807, 2.05) is 30.3 Å². The average molecular weight is 430 g/mol. The maximum Gasteiger partial charge on any atom is 0.253 e. The van der Waals surface area contributed by atoms with Crippen molar-refractivity contribution in [2.24, 2.45) is 0 Å². The van der Waals surface area contributed by atoms with Gasteiger partial charge in [0.2, 0.25) is 10.0 Å². The van der Waals surface area contributed by atoms with Crippen molar-refractivity contribution in [2.75, 3.05) is 38.6 Å². The van der Waals surface area contributed by atoms with Crippen molar-refractivity contribution in [1.29, 1.82) is 0 Å². The number of para-hydroxylation sites is 1. The van der Waals surface area contributed by atoms with Gasteiger partial charge in [-0.2, -0.15) is 4.31 Å². The van der Waals surface area contributed by atoms with Crippen LogP contribution in [-0.4, -0.2) is 62.9 Å². The number of benzene rings is 2. The second-order valence-electron chi connectivity index (χ2n) is 7.72. The molecule has 0 spiro atoms. The monoisotopic (exact) mass is 429 g/mol. The highest BCUT2D eigenvalue weighted by Crippen LogP contribution is 2.30. The summed E-state index contributed by atoms with van der Waals surface area (Å²) in [7, 11) is -2.24. The van der Waals surface area contributed by atoms with Crippen molar-refractivity contribution in [1.82, 2.24) is 9.21 Å². The number of ether oxygens (including phenoxy) is 1. The first kappa shape index (κ1) is 20.7. The number of anilines is 1. The second-order valence-corrected chi connectivity index (χ2v) is 9.63. The Kier molecular flexibility index (Phi) is 5.97. The molecule has 0 radical (unpaired) electrons. The molecule has 30 heavy (non-hydrogen) atoms. The van der Waals surface area contributed by atoms with Gasteiger partial charge in [-0.05, 0) is 49.6 Å². The van der Waals surface area contributed by atoms with Gasteiger partial charge in [-0.25, -0.2) is 8.42 Å². The van der Waals surface area contributed by atoms with Crippen molar-refractivity contribution >= 4 is 21.6 Å². The number of carbonyl (C=O) groups excluding carboxylic acids is 1. The van der Waals surface area contributed by atoms with Gasteiger partial charge in [-0.15, -0.1) is 0 Å². The summed E-state index contributed by atoms with van der Waals surface area (Å²) in [5.41, 5.74) is 1.40. The highest BCUT2D eigenvalue weighted by Gasteiger charge is 2.32. The Morgan fingerprint density at radius 2 is 1.80 bits per heavy atom. The summed E-state index contributed by atoms with van der Waals surface area (Å²) in [6, 6.07) is 14.8. The summed E-state index contributed by atoms with van der Waals surface area (Å²) < 4.78 is 32.9. The maximum absolute atomic E-state index is 13.1. The lowest BCUT2D eigenvalue weighted by atomic mass is 10.2. The zero-order chi connectivity index (χ0) is 21.1. The summed E-state index contributed by atoms with van der Waals surface area (Å²) in [5, 5.41) is 3.45. The zero-order valence-corrected chi connectivity index (χ0v) is 17.9. The third kappa shape index (κ3) is 4.15. The number of rotatable bonds is 6. The molecule has 2 aromatic rings.